The topological polar surface area (TPSA) is 70.6 Å². The first-order valence-corrected chi connectivity index (χ1v) is 11.2. The van der Waals surface area contributed by atoms with Crippen LogP contribution in [-0.4, -0.2) is 72.3 Å². The molecule has 2 saturated heterocycles. The van der Waals surface area contributed by atoms with E-state index in [1.807, 2.05) is 36.4 Å². The van der Waals surface area contributed by atoms with Gasteiger partial charge in [-0.3, -0.25) is 14.7 Å². The Bertz CT molecular complexity index is 961. The molecule has 2 atom stereocenters. The van der Waals surface area contributed by atoms with Crippen molar-refractivity contribution in [3.05, 3.63) is 72.1 Å². The number of carbonyl (C=O) groups excluding carboxylic acids is 1. The Balaban J connectivity index is 1.51. The van der Waals surface area contributed by atoms with Crippen LogP contribution in [0.5, 0.6) is 0 Å². The average Bonchev–Trinajstić information content (AvgIpc) is 3.04. The molecule has 0 bridgehead atoms. The maximum Gasteiger partial charge on any atom is 0.272 e. The molecule has 4 rings (SSSR count). The van der Waals surface area contributed by atoms with Crippen LogP contribution in [0.3, 0.4) is 0 Å². The Labute approximate surface area is 165 Å². The van der Waals surface area contributed by atoms with Crippen LogP contribution < -0.4 is 0 Å². The zero-order valence-corrected chi connectivity index (χ0v) is 16.3. The summed E-state index contributed by atoms with van der Waals surface area (Å²) in [5, 5.41) is 0. The van der Waals surface area contributed by atoms with Crippen molar-refractivity contribution >= 4 is 21.8 Å². The Hall–Kier alpha value is -2.51. The smallest absolute Gasteiger partial charge is 0.272 e. The molecular formula is C21H23N3O3S. The second kappa shape index (κ2) is 7.85. The number of rotatable bonds is 4. The molecule has 2 fully saturated rings. The summed E-state index contributed by atoms with van der Waals surface area (Å²) in [6.45, 7) is 1.82. The highest BCUT2D eigenvalue weighted by molar-refractivity contribution is 7.91. The molecule has 3 heterocycles. The fraction of sp³-hybridized carbons (Fsp3) is 0.333. The molecule has 2 aliphatic heterocycles. The number of carbonyl (C=O) groups is 1. The van der Waals surface area contributed by atoms with E-state index < -0.39 is 9.84 Å². The van der Waals surface area contributed by atoms with E-state index in [0.29, 0.717) is 25.3 Å². The largest absolute Gasteiger partial charge is 0.330 e. The summed E-state index contributed by atoms with van der Waals surface area (Å²) in [4.78, 5) is 20.9. The molecule has 146 valence electrons. The summed E-state index contributed by atoms with van der Waals surface area (Å²) in [5.41, 5.74) is 1.48. The van der Waals surface area contributed by atoms with Gasteiger partial charge in [0, 0.05) is 31.9 Å². The number of fused-ring (bicyclic) bond motifs is 1. The summed E-state index contributed by atoms with van der Waals surface area (Å²) >= 11 is 0. The van der Waals surface area contributed by atoms with E-state index in [2.05, 4.69) is 16.0 Å². The first-order valence-electron chi connectivity index (χ1n) is 9.41. The van der Waals surface area contributed by atoms with Crippen molar-refractivity contribution < 1.29 is 13.2 Å². The summed E-state index contributed by atoms with van der Waals surface area (Å²) in [5.74, 6) is -0.0648. The lowest BCUT2D eigenvalue weighted by molar-refractivity contribution is 0.0364. The summed E-state index contributed by atoms with van der Waals surface area (Å²) in [7, 11) is -3.17. The first kappa shape index (κ1) is 18.8. The van der Waals surface area contributed by atoms with Crippen LogP contribution in [0.15, 0.2) is 60.8 Å². The Morgan fingerprint density at radius 2 is 1.79 bits per heavy atom. The van der Waals surface area contributed by atoms with Gasteiger partial charge in [0.05, 0.1) is 17.5 Å². The van der Waals surface area contributed by atoms with Crippen molar-refractivity contribution in [3.8, 4) is 0 Å². The fourth-order valence-electron chi connectivity index (χ4n) is 4.03. The van der Waals surface area contributed by atoms with Gasteiger partial charge in [0.1, 0.15) is 5.69 Å². The molecule has 0 N–H and O–H groups in total. The number of benzene rings is 1. The summed E-state index contributed by atoms with van der Waals surface area (Å²) < 4.78 is 24.7. The molecular weight excluding hydrogens is 374 g/mol. The van der Waals surface area contributed by atoms with Crippen LogP contribution >= 0.6 is 0 Å². The second-order valence-electron chi connectivity index (χ2n) is 7.23. The molecule has 1 aromatic heterocycles. The minimum atomic E-state index is -3.17. The maximum atomic E-state index is 12.9. The van der Waals surface area contributed by atoms with Gasteiger partial charge in [-0.25, -0.2) is 8.42 Å². The molecule has 7 heteroatoms. The number of pyridine rings is 1. The second-order valence-corrected chi connectivity index (χ2v) is 9.39. The van der Waals surface area contributed by atoms with Gasteiger partial charge < -0.3 is 4.90 Å². The number of hydrogen-bond donors (Lipinski definition) is 0. The molecule has 0 unspecified atom stereocenters. The molecule has 1 aromatic carbocycles. The Morgan fingerprint density at radius 3 is 2.54 bits per heavy atom. The van der Waals surface area contributed by atoms with Crippen LogP contribution in [0.1, 0.15) is 16.1 Å². The number of nitrogens with zero attached hydrogens (tertiary/aromatic N) is 3. The quantitative estimate of drug-likeness (QED) is 0.786. The van der Waals surface area contributed by atoms with Crippen molar-refractivity contribution in [3.63, 3.8) is 0 Å². The van der Waals surface area contributed by atoms with Crippen molar-refractivity contribution in [2.24, 2.45) is 0 Å². The predicted molar refractivity (Wildman–Crippen MR) is 109 cm³/mol. The van der Waals surface area contributed by atoms with E-state index in [1.165, 1.54) is 0 Å². The third kappa shape index (κ3) is 4.00. The molecule has 2 aliphatic rings. The minimum absolute atomic E-state index is 0.0230. The van der Waals surface area contributed by atoms with Gasteiger partial charge in [-0.2, -0.15) is 0 Å². The van der Waals surface area contributed by atoms with Gasteiger partial charge in [-0.05, 0) is 17.7 Å². The lowest BCUT2D eigenvalue weighted by Gasteiger charge is -2.43. The SMILES string of the molecule is O=C(c1ccccn1)N1CCN(C/C=C/c2ccccc2)[C@H]2CS(=O)(=O)C[C@H]21. The van der Waals surface area contributed by atoms with Crippen molar-refractivity contribution in [2.75, 3.05) is 31.1 Å². The van der Waals surface area contributed by atoms with Crippen molar-refractivity contribution in [1.29, 1.82) is 0 Å². The molecule has 0 spiro atoms. The molecule has 1 amide bonds. The van der Waals surface area contributed by atoms with Gasteiger partial charge in [0.25, 0.3) is 5.91 Å². The van der Waals surface area contributed by atoms with E-state index in [1.54, 1.807) is 29.3 Å². The predicted octanol–water partition coefficient (Wildman–Crippen LogP) is 1.72. The van der Waals surface area contributed by atoms with Crippen LogP contribution in [0.25, 0.3) is 6.08 Å². The third-order valence-electron chi connectivity index (χ3n) is 5.39. The number of sulfone groups is 1. The zero-order chi connectivity index (χ0) is 19.6. The van der Waals surface area contributed by atoms with Gasteiger partial charge in [0.15, 0.2) is 9.84 Å². The molecule has 28 heavy (non-hydrogen) atoms. The van der Waals surface area contributed by atoms with E-state index in [4.69, 9.17) is 0 Å². The van der Waals surface area contributed by atoms with Gasteiger partial charge in [0.2, 0.25) is 0 Å². The normalized spacial score (nSPS) is 24.4. The molecule has 6 nitrogen and oxygen atoms in total. The lowest BCUT2D eigenvalue weighted by atomic mass is 10.0. The molecule has 0 saturated carbocycles. The number of amides is 1. The van der Waals surface area contributed by atoms with Crippen LogP contribution in [0.2, 0.25) is 0 Å². The van der Waals surface area contributed by atoms with E-state index in [0.717, 1.165) is 5.56 Å². The monoisotopic (exact) mass is 397 g/mol. The molecule has 2 aromatic rings. The fourth-order valence-corrected chi connectivity index (χ4v) is 6.04. The van der Waals surface area contributed by atoms with E-state index >= 15 is 0 Å². The summed E-state index contributed by atoms with van der Waals surface area (Å²) in [6.07, 6.45) is 5.69. The molecule has 0 aliphatic carbocycles. The van der Waals surface area contributed by atoms with Crippen molar-refractivity contribution in [2.45, 2.75) is 12.1 Å². The minimum Gasteiger partial charge on any atom is -0.330 e. The van der Waals surface area contributed by atoms with E-state index in [9.17, 15) is 13.2 Å². The highest BCUT2D eigenvalue weighted by Gasteiger charge is 2.47. The highest BCUT2D eigenvalue weighted by atomic mass is 32.2. The highest BCUT2D eigenvalue weighted by Crippen LogP contribution is 2.28. The standard InChI is InChI=1S/C21H23N3O3S/c25-21(18-10-4-5-11-22-18)24-14-13-23(19-15-28(26,27)16-20(19)24)12-6-9-17-7-2-1-3-8-17/h1-11,19-20H,12-16H2/b9-6+/t19-,20+/m0/s1. The maximum absolute atomic E-state index is 12.9. The Morgan fingerprint density at radius 1 is 1.04 bits per heavy atom. The number of hydrogen-bond acceptors (Lipinski definition) is 5. The lowest BCUT2D eigenvalue weighted by Crippen LogP contribution is -2.60. The first-order chi connectivity index (χ1) is 13.5. The third-order valence-corrected chi connectivity index (χ3v) is 7.08. The van der Waals surface area contributed by atoms with Gasteiger partial charge >= 0.3 is 0 Å². The Kier molecular flexibility index (Phi) is 5.28. The number of aromatic nitrogens is 1. The zero-order valence-electron chi connectivity index (χ0n) is 15.5. The van der Waals surface area contributed by atoms with Crippen LogP contribution in [0.4, 0.5) is 0 Å². The average molecular weight is 398 g/mol. The van der Waals surface area contributed by atoms with Gasteiger partial charge in [-0.1, -0.05) is 48.6 Å². The van der Waals surface area contributed by atoms with Gasteiger partial charge in [-0.15, -0.1) is 0 Å². The van der Waals surface area contributed by atoms with Crippen LogP contribution in [-0.2, 0) is 9.84 Å². The van der Waals surface area contributed by atoms with Crippen molar-refractivity contribution in [1.82, 2.24) is 14.8 Å². The van der Waals surface area contributed by atoms with Crippen LogP contribution in [0, 0.1) is 0 Å². The number of piperazine rings is 1. The molecule has 0 radical (unpaired) electrons. The summed E-state index contributed by atoms with van der Waals surface area (Å²) in [6, 6.07) is 14.7. The van der Waals surface area contributed by atoms with E-state index in [-0.39, 0.29) is 29.5 Å².